The van der Waals surface area contributed by atoms with Crippen LogP contribution in [0.4, 0.5) is 0 Å². The minimum Gasteiger partial charge on any atom is -0.370 e. The third kappa shape index (κ3) is 3.35. The van der Waals surface area contributed by atoms with Crippen molar-refractivity contribution in [3.63, 3.8) is 0 Å². The molecule has 2 amide bonds. The number of halogens is 1. The smallest absolute Gasteiger partial charge is 0.255 e. The Morgan fingerprint density at radius 3 is 2.74 bits per heavy atom. The van der Waals surface area contributed by atoms with Gasteiger partial charge in [-0.25, -0.2) is 0 Å². The lowest BCUT2D eigenvalue weighted by molar-refractivity contribution is -0.119. The fourth-order valence-electron chi connectivity index (χ4n) is 2.50. The number of nitrogens with two attached hydrogens (primary N) is 1. The van der Waals surface area contributed by atoms with Gasteiger partial charge < -0.3 is 10.6 Å². The lowest BCUT2D eigenvalue weighted by Crippen LogP contribution is -2.45. The number of nitrogens with zero attached hydrogens (tertiary/aromatic N) is 1. The average Bonchev–Trinajstić information content (AvgIpc) is 2.38. The van der Waals surface area contributed by atoms with E-state index in [1.165, 1.54) is 0 Å². The summed E-state index contributed by atoms with van der Waals surface area (Å²) in [5, 5.41) is 0. The van der Waals surface area contributed by atoms with Crippen LogP contribution in [0.2, 0.25) is 0 Å². The zero-order valence-electron chi connectivity index (χ0n) is 10.6. The molecular formula is C14H17BrN2O2. The molecule has 19 heavy (non-hydrogen) atoms. The Morgan fingerprint density at radius 1 is 1.32 bits per heavy atom. The average molecular weight is 325 g/mol. The van der Waals surface area contributed by atoms with E-state index in [-0.39, 0.29) is 24.3 Å². The molecule has 2 N–H and O–H groups in total. The number of carbonyl (C=O) groups is 2. The standard InChI is InChI=1S/C14H17BrN2O2/c15-12-7-2-1-6-11(12)14(19)17-8-4-3-5-10(17)9-13(16)18/h1-2,6-7,10H,3-5,8-9H2,(H2,16,18)/t10-/m0/s1. The van der Waals surface area contributed by atoms with E-state index in [1.54, 1.807) is 11.0 Å². The molecule has 0 unspecified atom stereocenters. The Hall–Kier alpha value is -1.36. The fraction of sp³-hybridized carbons (Fsp3) is 0.429. The van der Waals surface area contributed by atoms with Gasteiger partial charge in [0, 0.05) is 23.5 Å². The molecule has 2 rings (SSSR count). The van der Waals surface area contributed by atoms with Crippen molar-refractivity contribution >= 4 is 27.7 Å². The molecule has 0 saturated carbocycles. The van der Waals surface area contributed by atoms with Crippen LogP contribution in [0.25, 0.3) is 0 Å². The molecule has 0 aliphatic carbocycles. The summed E-state index contributed by atoms with van der Waals surface area (Å²) in [6, 6.07) is 7.29. The van der Waals surface area contributed by atoms with E-state index in [9.17, 15) is 9.59 Å². The molecule has 0 bridgehead atoms. The molecule has 4 nitrogen and oxygen atoms in total. The van der Waals surface area contributed by atoms with Crippen LogP contribution < -0.4 is 5.73 Å². The summed E-state index contributed by atoms with van der Waals surface area (Å²) in [5.41, 5.74) is 5.91. The summed E-state index contributed by atoms with van der Waals surface area (Å²) in [4.78, 5) is 25.5. The molecular weight excluding hydrogens is 308 g/mol. The van der Waals surface area contributed by atoms with Gasteiger partial charge in [-0.3, -0.25) is 9.59 Å². The van der Waals surface area contributed by atoms with E-state index in [0.717, 1.165) is 23.7 Å². The highest BCUT2D eigenvalue weighted by Crippen LogP contribution is 2.24. The maximum Gasteiger partial charge on any atom is 0.255 e. The number of likely N-dealkylation sites (tertiary alicyclic amines) is 1. The minimum absolute atomic E-state index is 0.0292. The fourth-order valence-corrected chi connectivity index (χ4v) is 2.96. The van der Waals surface area contributed by atoms with Gasteiger partial charge in [-0.1, -0.05) is 12.1 Å². The summed E-state index contributed by atoms with van der Waals surface area (Å²) in [7, 11) is 0. The second kappa shape index (κ2) is 6.19. The zero-order valence-corrected chi connectivity index (χ0v) is 12.2. The normalized spacial score (nSPS) is 19.2. The maximum atomic E-state index is 12.6. The molecule has 1 fully saturated rings. The molecule has 0 aromatic heterocycles. The minimum atomic E-state index is -0.350. The number of primary amides is 1. The van der Waals surface area contributed by atoms with Gasteiger partial charge in [0.1, 0.15) is 0 Å². The van der Waals surface area contributed by atoms with E-state index >= 15 is 0 Å². The van der Waals surface area contributed by atoms with Gasteiger partial charge in [0.15, 0.2) is 0 Å². The quantitative estimate of drug-likeness (QED) is 0.927. The first-order valence-corrected chi connectivity index (χ1v) is 7.22. The number of carbonyl (C=O) groups excluding carboxylic acids is 2. The summed E-state index contributed by atoms with van der Waals surface area (Å²) in [6.45, 7) is 0.693. The van der Waals surface area contributed by atoms with Gasteiger partial charge >= 0.3 is 0 Å². The van der Waals surface area contributed by atoms with Gasteiger partial charge in [0.05, 0.1) is 5.56 Å². The lowest BCUT2D eigenvalue weighted by atomic mass is 9.98. The van der Waals surface area contributed by atoms with Crippen molar-refractivity contribution in [3.05, 3.63) is 34.3 Å². The lowest BCUT2D eigenvalue weighted by Gasteiger charge is -2.35. The third-order valence-electron chi connectivity index (χ3n) is 3.43. The van der Waals surface area contributed by atoms with Crippen LogP contribution in [0.3, 0.4) is 0 Å². The summed E-state index contributed by atoms with van der Waals surface area (Å²) in [5.74, 6) is -0.379. The monoisotopic (exact) mass is 324 g/mol. The Bertz CT molecular complexity index is 490. The van der Waals surface area contributed by atoms with Crippen LogP contribution >= 0.6 is 15.9 Å². The molecule has 5 heteroatoms. The van der Waals surface area contributed by atoms with Crippen LogP contribution in [0.1, 0.15) is 36.0 Å². The highest BCUT2D eigenvalue weighted by molar-refractivity contribution is 9.10. The molecule has 1 atom stereocenters. The number of hydrogen-bond acceptors (Lipinski definition) is 2. The summed E-state index contributed by atoms with van der Waals surface area (Å²) >= 11 is 3.40. The molecule has 1 aromatic rings. The van der Waals surface area contributed by atoms with Crippen molar-refractivity contribution in [2.24, 2.45) is 5.73 Å². The molecule has 0 radical (unpaired) electrons. The molecule has 1 aromatic carbocycles. The van der Waals surface area contributed by atoms with E-state index in [0.29, 0.717) is 12.1 Å². The summed E-state index contributed by atoms with van der Waals surface area (Å²) in [6.07, 6.45) is 3.11. The Morgan fingerprint density at radius 2 is 2.05 bits per heavy atom. The first kappa shape index (κ1) is 14.1. The van der Waals surface area contributed by atoms with Crippen LogP contribution in [0.5, 0.6) is 0 Å². The Labute approximate surface area is 121 Å². The highest BCUT2D eigenvalue weighted by atomic mass is 79.9. The number of amides is 2. The molecule has 1 heterocycles. The summed E-state index contributed by atoms with van der Waals surface area (Å²) < 4.78 is 0.781. The van der Waals surface area contributed by atoms with Crippen molar-refractivity contribution in [1.82, 2.24) is 4.90 Å². The zero-order chi connectivity index (χ0) is 13.8. The van der Waals surface area contributed by atoms with Gasteiger partial charge in [-0.15, -0.1) is 0 Å². The first-order valence-electron chi connectivity index (χ1n) is 6.43. The predicted octanol–water partition coefficient (Wildman–Crippen LogP) is 2.32. The number of hydrogen-bond donors (Lipinski definition) is 1. The van der Waals surface area contributed by atoms with E-state index in [4.69, 9.17) is 5.73 Å². The van der Waals surface area contributed by atoms with Gasteiger partial charge in [-0.2, -0.15) is 0 Å². The maximum absolute atomic E-state index is 12.6. The van der Waals surface area contributed by atoms with Gasteiger partial charge in [-0.05, 0) is 47.3 Å². The largest absolute Gasteiger partial charge is 0.370 e. The second-order valence-corrected chi connectivity index (χ2v) is 5.65. The number of rotatable bonds is 3. The molecule has 1 aliphatic heterocycles. The Kier molecular flexibility index (Phi) is 4.58. The van der Waals surface area contributed by atoms with E-state index < -0.39 is 0 Å². The van der Waals surface area contributed by atoms with E-state index in [2.05, 4.69) is 15.9 Å². The topological polar surface area (TPSA) is 63.4 Å². The van der Waals surface area contributed by atoms with Crippen LogP contribution in [0.15, 0.2) is 28.7 Å². The highest BCUT2D eigenvalue weighted by Gasteiger charge is 2.29. The van der Waals surface area contributed by atoms with Crippen molar-refractivity contribution < 1.29 is 9.59 Å². The first-order chi connectivity index (χ1) is 9.09. The number of benzene rings is 1. The molecule has 1 aliphatic rings. The van der Waals surface area contributed by atoms with Crippen molar-refractivity contribution in [3.8, 4) is 0 Å². The number of piperidine rings is 1. The van der Waals surface area contributed by atoms with Gasteiger partial charge in [0.25, 0.3) is 5.91 Å². The van der Waals surface area contributed by atoms with Crippen molar-refractivity contribution in [2.75, 3.05) is 6.54 Å². The van der Waals surface area contributed by atoms with Crippen LogP contribution in [0, 0.1) is 0 Å². The van der Waals surface area contributed by atoms with Crippen molar-refractivity contribution in [1.29, 1.82) is 0 Å². The third-order valence-corrected chi connectivity index (χ3v) is 4.12. The predicted molar refractivity (Wildman–Crippen MR) is 76.6 cm³/mol. The molecule has 102 valence electrons. The SMILES string of the molecule is NC(=O)C[C@@H]1CCCCN1C(=O)c1ccccc1Br. The molecule has 1 saturated heterocycles. The van der Waals surface area contributed by atoms with Crippen LogP contribution in [-0.2, 0) is 4.79 Å². The van der Waals surface area contributed by atoms with E-state index in [1.807, 2.05) is 18.2 Å². The van der Waals surface area contributed by atoms with Crippen molar-refractivity contribution in [2.45, 2.75) is 31.7 Å². The second-order valence-electron chi connectivity index (χ2n) is 4.80. The van der Waals surface area contributed by atoms with Crippen LogP contribution in [-0.4, -0.2) is 29.3 Å². The van der Waals surface area contributed by atoms with Gasteiger partial charge in [0.2, 0.25) is 5.91 Å². The Balaban J connectivity index is 2.20. The molecule has 0 spiro atoms.